The number of hydrogen-bond acceptors (Lipinski definition) is 2. The normalized spacial score (nSPS) is 11.7. The van der Waals surface area contributed by atoms with Gasteiger partial charge in [0, 0.05) is 50.6 Å². The number of rotatable bonds is 10. The SMILES string of the molecule is CC(C)(C)c1ccc2c(-c3ccc(-n4c5ccc(N(c6ccccc6)c6ccccc6)cc5c5cc(N(c6ccccc6)c6ccccc6)ccc54)cc3)c3ccccc3c(-c3ccc(-c4ccccc4)cc3)c2c1. The van der Waals surface area contributed by atoms with Crippen LogP contribution in [-0.2, 0) is 5.41 Å². The third-order valence-electron chi connectivity index (χ3n) is 14.9. The first kappa shape index (κ1) is 45.4. The highest BCUT2D eigenvalue weighted by Gasteiger charge is 2.23. The maximum atomic E-state index is 2.45. The number of hydrogen-bond donors (Lipinski definition) is 0. The van der Waals surface area contributed by atoms with Crippen molar-refractivity contribution >= 4 is 77.5 Å². The van der Waals surface area contributed by atoms with Crippen LogP contribution in [-0.4, -0.2) is 4.57 Å². The second-order valence-electron chi connectivity index (χ2n) is 20.5. The third kappa shape index (κ3) is 8.29. The largest absolute Gasteiger partial charge is 0.310 e. The highest BCUT2D eigenvalue weighted by molar-refractivity contribution is 6.22. The van der Waals surface area contributed by atoms with E-state index in [1.807, 2.05) is 0 Å². The molecule has 0 saturated carbocycles. The molecule has 0 unspecified atom stereocenters. The Hall–Kier alpha value is -9.44. The minimum atomic E-state index is -0.0251. The Morgan fingerprint density at radius 3 is 1.07 bits per heavy atom. The van der Waals surface area contributed by atoms with Gasteiger partial charge in [-0.05, 0) is 169 Å². The van der Waals surface area contributed by atoms with E-state index in [-0.39, 0.29) is 5.41 Å². The van der Waals surface area contributed by atoms with Crippen LogP contribution in [0.4, 0.5) is 34.1 Å². The summed E-state index contributed by atoms with van der Waals surface area (Å²) < 4.78 is 2.45. The first-order valence-corrected chi connectivity index (χ1v) is 26.0. The van der Waals surface area contributed by atoms with Crippen LogP contribution in [0.1, 0.15) is 26.3 Å². The van der Waals surface area contributed by atoms with Crippen molar-refractivity contribution < 1.29 is 0 Å². The van der Waals surface area contributed by atoms with Crippen LogP contribution in [0.25, 0.3) is 82.4 Å². The van der Waals surface area contributed by atoms with Gasteiger partial charge >= 0.3 is 0 Å². The first-order valence-electron chi connectivity index (χ1n) is 26.0. The molecule has 0 aliphatic heterocycles. The lowest BCUT2D eigenvalue weighted by atomic mass is 9.81. The maximum absolute atomic E-state index is 2.45. The first-order chi connectivity index (χ1) is 36.9. The number of aromatic nitrogens is 1. The number of benzene rings is 12. The van der Waals surface area contributed by atoms with Gasteiger partial charge in [-0.1, -0.05) is 197 Å². The highest BCUT2D eigenvalue weighted by Crippen LogP contribution is 2.47. The van der Waals surface area contributed by atoms with Crippen LogP contribution in [0.3, 0.4) is 0 Å². The molecule has 13 rings (SSSR count). The molecule has 358 valence electrons. The Balaban J connectivity index is 0.997. The van der Waals surface area contributed by atoms with Crippen LogP contribution in [0.15, 0.2) is 279 Å². The molecule has 0 fully saturated rings. The second-order valence-corrected chi connectivity index (χ2v) is 20.5. The highest BCUT2D eigenvalue weighted by atomic mass is 15.1. The Morgan fingerprint density at radius 2 is 0.627 bits per heavy atom. The summed E-state index contributed by atoms with van der Waals surface area (Å²) in [7, 11) is 0. The second kappa shape index (κ2) is 18.9. The average Bonchev–Trinajstić information content (AvgIpc) is 3.79. The van der Waals surface area contributed by atoms with E-state index in [2.05, 4.69) is 314 Å². The van der Waals surface area contributed by atoms with E-state index in [1.54, 1.807) is 0 Å². The number of para-hydroxylation sites is 4. The molecule has 0 amide bonds. The zero-order chi connectivity index (χ0) is 50.5. The predicted octanol–water partition coefficient (Wildman–Crippen LogP) is 20.3. The fourth-order valence-corrected chi connectivity index (χ4v) is 11.3. The van der Waals surface area contributed by atoms with Crippen molar-refractivity contribution in [2.45, 2.75) is 26.2 Å². The Kier molecular flexibility index (Phi) is 11.4. The standard InChI is InChI=1S/C72H55N3/c1-72(2,3)54-39-44-64-67(47-54)71(52-35-33-51(34-36-52)50-21-9-4-10-22-50)63-32-20-19-31-62(63)70(64)53-37-40-59(41-38-53)75-68-45-42-60(73(55-23-11-5-12-24-55)56-25-13-6-14-26-56)48-65(68)66-49-61(43-46-69(66)75)74(57-27-15-7-16-28-57)58-29-17-8-18-30-58/h4-49H,1-3H3. The number of fused-ring (bicyclic) bond motifs is 5. The summed E-state index contributed by atoms with van der Waals surface area (Å²) in [5.41, 5.74) is 18.6. The lowest BCUT2D eigenvalue weighted by molar-refractivity contribution is 0.591. The maximum Gasteiger partial charge on any atom is 0.0542 e. The van der Waals surface area contributed by atoms with E-state index in [0.717, 1.165) is 50.8 Å². The molecule has 12 aromatic carbocycles. The molecule has 0 bridgehead atoms. The molecule has 0 spiro atoms. The Bertz CT molecular complexity index is 3940. The van der Waals surface area contributed by atoms with Gasteiger partial charge in [0.05, 0.1) is 11.0 Å². The van der Waals surface area contributed by atoms with Crippen LogP contribution in [0.2, 0.25) is 0 Å². The van der Waals surface area contributed by atoms with Crippen molar-refractivity contribution in [1.82, 2.24) is 4.57 Å². The minimum Gasteiger partial charge on any atom is -0.310 e. The van der Waals surface area contributed by atoms with Crippen molar-refractivity contribution in [2.24, 2.45) is 0 Å². The molecule has 0 saturated heterocycles. The van der Waals surface area contributed by atoms with Crippen molar-refractivity contribution in [3.8, 4) is 39.1 Å². The van der Waals surface area contributed by atoms with Gasteiger partial charge < -0.3 is 14.4 Å². The molecule has 0 radical (unpaired) electrons. The Morgan fingerprint density at radius 1 is 0.267 bits per heavy atom. The summed E-state index contributed by atoms with van der Waals surface area (Å²) in [6.45, 7) is 6.93. The quantitative estimate of drug-likeness (QED) is 0.127. The fourth-order valence-electron chi connectivity index (χ4n) is 11.3. The van der Waals surface area contributed by atoms with Crippen LogP contribution in [0.5, 0.6) is 0 Å². The van der Waals surface area contributed by atoms with Gasteiger partial charge in [0.25, 0.3) is 0 Å². The molecular weight excluding hydrogens is 907 g/mol. The van der Waals surface area contributed by atoms with E-state index >= 15 is 0 Å². The lowest BCUT2D eigenvalue weighted by Crippen LogP contribution is -2.10. The zero-order valence-corrected chi connectivity index (χ0v) is 42.4. The van der Waals surface area contributed by atoms with E-state index < -0.39 is 0 Å². The summed E-state index contributed by atoms with van der Waals surface area (Å²) in [6, 6.07) is 102. The zero-order valence-electron chi connectivity index (χ0n) is 42.4. The van der Waals surface area contributed by atoms with E-state index in [0.29, 0.717) is 0 Å². The summed E-state index contributed by atoms with van der Waals surface area (Å²) >= 11 is 0. The van der Waals surface area contributed by atoms with Crippen molar-refractivity contribution in [3.05, 3.63) is 285 Å². The molecule has 0 aliphatic rings. The minimum absolute atomic E-state index is 0.0251. The average molecular weight is 962 g/mol. The molecule has 0 N–H and O–H groups in total. The summed E-state index contributed by atoms with van der Waals surface area (Å²) in [4.78, 5) is 4.71. The van der Waals surface area contributed by atoms with Gasteiger partial charge in [0.15, 0.2) is 0 Å². The Labute approximate surface area is 439 Å². The monoisotopic (exact) mass is 961 g/mol. The molecule has 3 heteroatoms. The van der Waals surface area contributed by atoms with E-state index in [9.17, 15) is 0 Å². The molecule has 3 nitrogen and oxygen atoms in total. The molecule has 0 aliphatic carbocycles. The van der Waals surface area contributed by atoms with Gasteiger partial charge in [-0.25, -0.2) is 0 Å². The molecule has 75 heavy (non-hydrogen) atoms. The summed E-state index contributed by atoms with van der Waals surface area (Å²) in [5, 5.41) is 7.34. The summed E-state index contributed by atoms with van der Waals surface area (Å²) in [5.74, 6) is 0. The van der Waals surface area contributed by atoms with Crippen LogP contribution < -0.4 is 9.80 Å². The predicted molar refractivity (Wildman–Crippen MR) is 320 cm³/mol. The van der Waals surface area contributed by atoms with Crippen LogP contribution >= 0.6 is 0 Å². The molecular formula is C72H55N3. The topological polar surface area (TPSA) is 11.4 Å². The van der Waals surface area contributed by atoms with E-state index in [1.165, 1.54) is 71.3 Å². The molecule has 13 aromatic rings. The van der Waals surface area contributed by atoms with Gasteiger partial charge in [-0.15, -0.1) is 0 Å². The van der Waals surface area contributed by atoms with Crippen molar-refractivity contribution in [3.63, 3.8) is 0 Å². The van der Waals surface area contributed by atoms with Gasteiger partial charge in [0.2, 0.25) is 0 Å². The molecule has 1 heterocycles. The third-order valence-corrected chi connectivity index (χ3v) is 14.9. The fraction of sp³-hybridized carbons (Fsp3) is 0.0556. The van der Waals surface area contributed by atoms with E-state index in [4.69, 9.17) is 0 Å². The number of nitrogens with zero attached hydrogens (tertiary/aromatic N) is 3. The van der Waals surface area contributed by atoms with Gasteiger partial charge in [0.1, 0.15) is 0 Å². The van der Waals surface area contributed by atoms with Crippen molar-refractivity contribution in [1.29, 1.82) is 0 Å². The molecule has 1 aromatic heterocycles. The number of anilines is 6. The van der Waals surface area contributed by atoms with Gasteiger partial charge in [-0.2, -0.15) is 0 Å². The molecule has 0 atom stereocenters. The van der Waals surface area contributed by atoms with Gasteiger partial charge in [-0.3, -0.25) is 0 Å². The lowest BCUT2D eigenvalue weighted by Gasteiger charge is -2.26. The van der Waals surface area contributed by atoms with Crippen LogP contribution in [0, 0.1) is 0 Å². The smallest absolute Gasteiger partial charge is 0.0542 e. The van der Waals surface area contributed by atoms with Crippen molar-refractivity contribution in [2.75, 3.05) is 9.80 Å². The summed E-state index contributed by atoms with van der Waals surface area (Å²) in [6.07, 6.45) is 0.